The normalized spacial score (nSPS) is 11.8. The molecule has 0 aliphatic heterocycles. The topological polar surface area (TPSA) is 58.6 Å². The Labute approximate surface area is 122 Å². The number of hydrogen-bond acceptors (Lipinski definition) is 3. The average Bonchev–Trinajstić information content (AvgIpc) is 2.47. The third-order valence-electron chi connectivity index (χ3n) is 3.20. The second kappa shape index (κ2) is 6.26. The van der Waals surface area contributed by atoms with Gasteiger partial charge in [0.15, 0.2) is 0 Å². The van der Waals surface area contributed by atoms with Crippen molar-refractivity contribution in [3.05, 3.63) is 59.4 Å². The highest BCUT2D eigenvalue weighted by Gasteiger charge is 2.14. The number of carboxylic acids is 1. The van der Waals surface area contributed by atoms with Crippen LogP contribution in [0.4, 0.5) is 10.1 Å². The summed E-state index contributed by atoms with van der Waals surface area (Å²) < 4.78 is 18.0. The fraction of sp³-hybridized carbons (Fsp3) is 0.188. The zero-order chi connectivity index (χ0) is 15.4. The largest absolute Gasteiger partial charge is 0.497 e. The zero-order valence-corrected chi connectivity index (χ0v) is 11.8. The number of aromatic carboxylic acids is 1. The molecule has 4 nitrogen and oxygen atoms in total. The minimum absolute atomic E-state index is 0.157. The Bertz CT molecular complexity index is 640. The molecule has 21 heavy (non-hydrogen) atoms. The van der Waals surface area contributed by atoms with Crippen LogP contribution in [0.1, 0.15) is 28.9 Å². The summed E-state index contributed by atoms with van der Waals surface area (Å²) in [4.78, 5) is 11.3. The molecule has 0 saturated carbocycles. The average molecular weight is 289 g/mol. The van der Waals surface area contributed by atoms with Crippen LogP contribution >= 0.6 is 0 Å². The van der Waals surface area contributed by atoms with Crippen molar-refractivity contribution in [1.29, 1.82) is 0 Å². The number of methoxy groups -OCH3 is 1. The van der Waals surface area contributed by atoms with Gasteiger partial charge in [0.2, 0.25) is 0 Å². The molecular weight excluding hydrogens is 273 g/mol. The van der Waals surface area contributed by atoms with Crippen LogP contribution in [0.5, 0.6) is 5.75 Å². The summed E-state index contributed by atoms with van der Waals surface area (Å²) in [5, 5.41) is 12.3. The monoisotopic (exact) mass is 289 g/mol. The van der Waals surface area contributed by atoms with Crippen molar-refractivity contribution in [2.75, 3.05) is 12.4 Å². The molecule has 0 aliphatic rings. The molecule has 2 N–H and O–H groups in total. The predicted molar refractivity (Wildman–Crippen MR) is 78.4 cm³/mol. The maximum atomic E-state index is 12.9. The predicted octanol–water partition coefficient (Wildman–Crippen LogP) is 3.71. The molecule has 2 rings (SSSR count). The molecule has 0 bridgehead atoms. The highest BCUT2D eigenvalue weighted by molar-refractivity contribution is 5.94. The van der Waals surface area contributed by atoms with Gasteiger partial charge in [-0.15, -0.1) is 0 Å². The molecule has 0 amide bonds. The van der Waals surface area contributed by atoms with E-state index in [0.717, 1.165) is 5.56 Å². The molecule has 0 fully saturated rings. The SMILES string of the molecule is COc1ccc(C(=O)O)c(NC(C)c2ccc(F)cc2)c1. The minimum atomic E-state index is -1.02. The molecule has 0 heterocycles. The zero-order valence-electron chi connectivity index (χ0n) is 11.8. The lowest BCUT2D eigenvalue weighted by Crippen LogP contribution is -2.11. The van der Waals surface area contributed by atoms with Crippen LogP contribution in [0.2, 0.25) is 0 Å². The van der Waals surface area contributed by atoms with Crippen LogP contribution in [0, 0.1) is 5.82 Å². The van der Waals surface area contributed by atoms with Gasteiger partial charge in [0.05, 0.1) is 18.4 Å². The van der Waals surface area contributed by atoms with E-state index in [1.54, 1.807) is 24.3 Å². The Morgan fingerprint density at radius 2 is 1.90 bits per heavy atom. The number of carboxylic acid groups (broad SMARTS) is 1. The van der Waals surface area contributed by atoms with Gasteiger partial charge in [-0.05, 0) is 36.8 Å². The number of benzene rings is 2. The molecule has 0 radical (unpaired) electrons. The molecule has 110 valence electrons. The summed E-state index contributed by atoms with van der Waals surface area (Å²) in [5.41, 5.74) is 1.47. The van der Waals surface area contributed by atoms with Crippen LogP contribution in [-0.2, 0) is 0 Å². The van der Waals surface area contributed by atoms with E-state index in [2.05, 4.69) is 5.32 Å². The maximum absolute atomic E-state index is 12.9. The molecule has 0 saturated heterocycles. The minimum Gasteiger partial charge on any atom is -0.497 e. The first kappa shape index (κ1) is 14.8. The second-order valence-electron chi connectivity index (χ2n) is 4.63. The van der Waals surface area contributed by atoms with Gasteiger partial charge in [-0.3, -0.25) is 0 Å². The third-order valence-corrected chi connectivity index (χ3v) is 3.20. The Morgan fingerprint density at radius 3 is 2.48 bits per heavy atom. The summed E-state index contributed by atoms with van der Waals surface area (Å²) in [5.74, 6) is -0.765. The highest BCUT2D eigenvalue weighted by atomic mass is 19.1. The van der Waals surface area contributed by atoms with Gasteiger partial charge in [0.1, 0.15) is 11.6 Å². The van der Waals surface area contributed by atoms with Crippen LogP contribution in [0.3, 0.4) is 0 Å². The van der Waals surface area contributed by atoms with Gasteiger partial charge >= 0.3 is 5.97 Å². The lowest BCUT2D eigenvalue weighted by atomic mass is 10.1. The van der Waals surface area contributed by atoms with E-state index >= 15 is 0 Å². The molecule has 0 aromatic heterocycles. The molecule has 1 atom stereocenters. The van der Waals surface area contributed by atoms with E-state index in [4.69, 9.17) is 4.74 Å². The first-order chi connectivity index (χ1) is 10.0. The van der Waals surface area contributed by atoms with Crippen molar-refractivity contribution in [2.45, 2.75) is 13.0 Å². The Hall–Kier alpha value is -2.56. The summed E-state index contributed by atoms with van der Waals surface area (Å²) in [6, 6.07) is 10.6. The molecule has 0 spiro atoms. The maximum Gasteiger partial charge on any atom is 0.337 e. The van der Waals surface area contributed by atoms with Gasteiger partial charge in [-0.2, -0.15) is 0 Å². The van der Waals surface area contributed by atoms with Crippen molar-refractivity contribution < 1.29 is 19.0 Å². The number of anilines is 1. The number of carbonyl (C=O) groups is 1. The fourth-order valence-corrected chi connectivity index (χ4v) is 2.02. The molecule has 2 aromatic rings. The van der Waals surface area contributed by atoms with E-state index < -0.39 is 5.97 Å². The van der Waals surface area contributed by atoms with Crippen molar-refractivity contribution in [1.82, 2.24) is 0 Å². The van der Waals surface area contributed by atoms with Crippen LogP contribution in [0.25, 0.3) is 0 Å². The quantitative estimate of drug-likeness (QED) is 0.881. The van der Waals surface area contributed by atoms with Crippen molar-refractivity contribution >= 4 is 11.7 Å². The number of rotatable bonds is 5. The van der Waals surface area contributed by atoms with Gasteiger partial charge in [-0.25, -0.2) is 9.18 Å². The van der Waals surface area contributed by atoms with Gasteiger partial charge < -0.3 is 15.2 Å². The van der Waals surface area contributed by atoms with Gasteiger partial charge in [0.25, 0.3) is 0 Å². The molecule has 1 unspecified atom stereocenters. The summed E-state index contributed by atoms with van der Waals surface area (Å²) >= 11 is 0. The Kier molecular flexibility index (Phi) is 4.42. The second-order valence-corrected chi connectivity index (χ2v) is 4.63. The standard InChI is InChI=1S/C16H16FNO3/c1-10(11-3-5-12(17)6-4-11)18-15-9-13(21-2)7-8-14(15)16(19)20/h3-10,18H,1-2H3,(H,19,20). The number of ether oxygens (including phenoxy) is 1. The first-order valence-corrected chi connectivity index (χ1v) is 6.44. The summed E-state index contributed by atoms with van der Waals surface area (Å²) in [7, 11) is 1.52. The number of nitrogens with one attached hydrogen (secondary N) is 1. The highest BCUT2D eigenvalue weighted by Crippen LogP contribution is 2.26. The van der Waals surface area contributed by atoms with Crippen LogP contribution < -0.4 is 10.1 Å². The summed E-state index contributed by atoms with van der Waals surface area (Å²) in [6.07, 6.45) is 0. The summed E-state index contributed by atoms with van der Waals surface area (Å²) in [6.45, 7) is 1.87. The molecule has 5 heteroatoms. The van der Waals surface area contributed by atoms with E-state index in [9.17, 15) is 14.3 Å². The van der Waals surface area contributed by atoms with Crippen LogP contribution in [-0.4, -0.2) is 18.2 Å². The third kappa shape index (κ3) is 3.51. The van der Waals surface area contributed by atoms with Crippen LogP contribution in [0.15, 0.2) is 42.5 Å². The van der Waals surface area contributed by atoms with E-state index in [1.165, 1.54) is 25.3 Å². The fourth-order valence-electron chi connectivity index (χ4n) is 2.02. The Balaban J connectivity index is 2.28. The molecular formula is C16H16FNO3. The van der Waals surface area contributed by atoms with Gasteiger partial charge in [-0.1, -0.05) is 12.1 Å². The van der Waals surface area contributed by atoms with E-state index in [1.807, 2.05) is 6.92 Å². The smallest absolute Gasteiger partial charge is 0.337 e. The van der Waals surface area contributed by atoms with E-state index in [-0.39, 0.29) is 17.4 Å². The Morgan fingerprint density at radius 1 is 1.24 bits per heavy atom. The first-order valence-electron chi connectivity index (χ1n) is 6.44. The van der Waals surface area contributed by atoms with Crippen molar-refractivity contribution in [3.8, 4) is 5.75 Å². The van der Waals surface area contributed by atoms with Gasteiger partial charge in [0, 0.05) is 12.1 Å². The van der Waals surface area contributed by atoms with E-state index in [0.29, 0.717) is 11.4 Å². The molecule has 2 aromatic carbocycles. The lowest BCUT2D eigenvalue weighted by Gasteiger charge is -2.18. The number of hydrogen-bond donors (Lipinski definition) is 2. The van der Waals surface area contributed by atoms with Crippen molar-refractivity contribution in [3.63, 3.8) is 0 Å². The molecule has 0 aliphatic carbocycles. The number of halogens is 1. The van der Waals surface area contributed by atoms with Crippen molar-refractivity contribution in [2.24, 2.45) is 0 Å². The lowest BCUT2D eigenvalue weighted by molar-refractivity contribution is 0.0698.